The lowest BCUT2D eigenvalue weighted by atomic mass is 9.91. The van der Waals surface area contributed by atoms with E-state index in [1.807, 2.05) is 0 Å². The summed E-state index contributed by atoms with van der Waals surface area (Å²) in [4.78, 5) is 2.65. The quantitative estimate of drug-likeness (QED) is 0.558. The highest BCUT2D eigenvalue weighted by atomic mass is 35.5. The first kappa shape index (κ1) is 21.9. The number of benzene rings is 2. The third kappa shape index (κ3) is 7.27. The smallest absolute Gasteiger partial charge is 0.0704 e. The Labute approximate surface area is 170 Å². The van der Waals surface area contributed by atoms with Crippen LogP contribution in [0.15, 0.2) is 60.7 Å². The molecule has 1 aliphatic rings. The van der Waals surface area contributed by atoms with Crippen LogP contribution in [-0.2, 0) is 22.6 Å². The molecule has 0 heterocycles. The standard InChI is InChI=1S/C23H31NO2.ClH/c1-25-16-17-26-23-14-12-22(13-15-23)24(18-20-8-4-2-5-9-20)19-21-10-6-3-7-11-21;/h2-11,22-23H,12-19H2,1H3;1H. The lowest BCUT2D eigenvalue weighted by Crippen LogP contribution is -2.39. The summed E-state index contributed by atoms with van der Waals surface area (Å²) >= 11 is 0. The molecule has 2 aromatic carbocycles. The van der Waals surface area contributed by atoms with Crippen molar-refractivity contribution in [2.45, 2.75) is 50.9 Å². The zero-order valence-corrected chi connectivity index (χ0v) is 17.1. The zero-order chi connectivity index (χ0) is 18.0. The van der Waals surface area contributed by atoms with Gasteiger partial charge >= 0.3 is 0 Å². The Morgan fingerprint density at radius 3 is 1.78 bits per heavy atom. The highest BCUT2D eigenvalue weighted by Crippen LogP contribution is 2.27. The summed E-state index contributed by atoms with van der Waals surface area (Å²) in [7, 11) is 1.73. The normalized spacial score (nSPS) is 19.6. The van der Waals surface area contributed by atoms with Crippen molar-refractivity contribution in [1.82, 2.24) is 4.90 Å². The fraction of sp³-hybridized carbons (Fsp3) is 0.478. The molecule has 0 aliphatic heterocycles. The molecular weight excluding hydrogens is 358 g/mol. The van der Waals surface area contributed by atoms with Crippen LogP contribution in [0.5, 0.6) is 0 Å². The lowest BCUT2D eigenvalue weighted by molar-refractivity contribution is -0.0161. The summed E-state index contributed by atoms with van der Waals surface area (Å²) in [5, 5.41) is 0. The number of methoxy groups -OCH3 is 1. The molecule has 1 aliphatic carbocycles. The Balaban J connectivity index is 0.00000261. The van der Waals surface area contributed by atoms with Gasteiger partial charge < -0.3 is 9.47 Å². The van der Waals surface area contributed by atoms with E-state index in [0.717, 1.165) is 25.9 Å². The van der Waals surface area contributed by atoms with E-state index in [4.69, 9.17) is 9.47 Å². The van der Waals surface area contributed by atoms with Gasteiger partial charge in [-0.05, 0) is 36.8 Å². The fourth-order valence-electron chi connectivity index (χ4n) is 3.83. The van der Waals surface area contributed by atoms with Crippen LogP contribution in [0.25, 0.3) is 0 Å². The molecule has 0 saturated heterocycles. The van der Waals surface area contributed by atoms with Crippen molar-refractivity contribution in [3.8, 4) is 0 Å². The number of nitrogens with zero attached hydrogens (tertiary/aromatic N) is 1. The van der Waals surface area contributed by atoms with Crippen LogP contribution < -0.4 is 0 Å². The topological polar surface area (TPSA) is 21.7 Å². The van der Waals surface area contributed by atoms with Crippen molar-refractivity contribution in [1.29, 1.82) is 0 Å². The predicted octanol–water partition coefficient (Wildman–Crippen LogP) is 5.08. The maximum atomic E-state index is 5.94. The molecule has 0 bridgehead atoms. The van der Waals surface area contributed by atoms with Crippen LogP contribution in [0.2, 0.25) is 0 Å². The summed E-state index contributed by atoms with van der Waals surface area (Å²) in [5.41, 5.74) is 2.78. The molecule has 0 N–H and O–H groups in total. The molecule has 3 rings (SSSR count). The van der Waals surface area contributed by atoms with E-state index >= 15 is 0 Å². The summed E-state index contributed by atoms with van der Waals surface area (Å²) < 4.78 is 11.0. The van der Waals surface area contributed by atoms with Crippen molar-refractivity contribution in [3.63, 3.8) is 0 Å². The van der Waals surface area contributed by atoms with Gasteiger partial charge in [-0.2, -0.15) is 0 Å². The molecule has 1 fully saturated rings. The van der Waals surface area contributed by atoms with Crippen LogP contribution in [0.4, 0.5) is 0 Å². The highest BCUT2D eigenvalue weighted by Gasteiger charge is 2.26. The molecule has 148 valence electrons. The van der Waals surface area contributed by atoms with E-state index in [-0.39, 0.29) is 12.4 Å². The zero-order valence-electron chi connectivity index (χ0n) is 16.3. The maximum absolute atomic E-state index is 5.94. The summed E-state index contributed by atoms with van der Waals surface area (Å²) in [6, 6.07) is 22.3. The summed E-state index contributed by atoms with van der Waals surface area (Å²) in [5.74, 6) is 0. The molecule has 0 unspecified atom stereocenters. The van der Waals surface area contributed by atoms with Gasteiger partial charge in [0, 0.05) is 26.2 Å². The van der Waals surface area contributed by atoms with Crippen molar-refractivity contribution < 1.29 is 9.47 Å². The van der Waals surface area contributed by atoms with E-state index in [1.54, 1.807) is 7.11 Å². The second kappa shape index (κ2) is 12.1. The highest BCUT2D eigenvalue weighted by molar-refractivity contribution is 5.85. The molecule has 0 radical (unpaired) electrons. The molecular formula is C23H32ClNO2. The summed E-state index contributed by atoms with van der Waals surface area (Å²) in [6.07, 6.45) is 5.11. The van der Waals surface area contributed by atoms with E-state index < -0.39 is 0 Å². The second-order valence-electron chi connectivity index (χ2n) is 7.17. The monoisotopic (exact) mass is 389 g/mol. The van der Waals surface area contributed by atoms with Gasteiger partial charge in [-0.1, -0.05) is 60.7 Å². The Hall–Kier alpha value is -1.39. The fourth-order valence-corrected chi connectivity index (χ4v) is 3.83. The van der Waals surface area contributed by atoms with Crippen LogP contribution >= 0.6 is 12.4 Å². The lowest BCUT2D eigenvalue weighted by Gasteiger charge is -2.37. The third-order valence-electron chi connectivity index (χ3n) is 5.26. The molecule has 27 heavy (non-hydrogen) atoms. The van der Waals surface area contributed by atoms with Gasteiger partial charge in [0.25, 0.3) is 0 Å². The molecule has 4 heteroatoms. The van der Waals surface area contributed by atoms with E-state index in [0.29, 0.717) is 25.4 Å². The number of ether oxygens (including phenoxy) is 2. The van der Waals surface area contributed by atoms with Crippen molar-refractivity contribution in [2.24, 2.45) is 0 Å². The predicted molar refractivity (Wildman–Crippen MR) is 113 cm³/mol. The Kier molecular flexibility index (Phi) is 9.85. The Morgan fingerprint density at radius 1 is 0.778 bits per heavy atom. The average Bonchev–Trinajstić information content (AvgIpc) is 2.70. The van der Waals surface area contributed by atoms with E-state index in [2.05, 4.69) is 65.6 Å². The van der Waals surface area contributed by atoms with E-state index in [9.17, 15) is 0 Å². The first-order valence-corrected chi connectivity index (χ1v) is 9.77. The van der Waals surface area contributed by atoms with Crippen molar-refractivity contribution in [3.05, 3.63) is 71.8 Å². The van der Waals surface area contributed by atoms with Crippen LogP contribution in [-0.4, -0.2) is 37.4 Å². The molecule has 3 nitrogen and oxygen atoms in total. The minimum Gasteiger partial charge on any atom is -0.382 e. The molecule has 1 saturated carbocycles. The molecule has 0 atom stereocenters. The van der Waals surface area contributed by atoms with Crippen LogP contribution in [0.1, 0.15) is 36.8 Å². The second-order valence-corrected chi connectivity index (χ2v) is 7.17. The number of hydrogen-bond donors (Lipinski definition) is 0. The number of halogens is 1. The Morgan fingerprint density at radius 2 is 1.30 bits per heavy atom. The first-order valence-electron chi connectivity index (χ1n) is 9.77. The van der Waals surface area contributed by atoms with Gasteiger partial charge in [-0.15, -0.1) is 12.4 Å². The summed E-state index contributed by atoms with van der Waals surface area (Å²) in [6.45, 7) is 3.42. The molecule has 2 aromatic rings. The molecule has 0 amide bonds. The largest absolute Gasteiger partial charge is 0.382 e. The van der Waals surface area contributed by atoms with Gasteiger partial charge in [0.1, 0.15) is 0 Å². The van der Waals surface area contributed by atoms with Crippen molar-refractivity contribution >= 4 is 12.4 Å². The Bertz CT molecular complexity index is 573. The van der Waals surface area contributed by atoms with Crippen LogP contribution in [0.3, 0.4) is 0 Å². The first-order chi connectivity index (χ1) is 12.8. The van der Waals surface area contributed by atoms with Gasteiger partial charge in [0.2, 0.25) is 0 Å². The minimum atomic E-state index is 0. The van der Waals surface area contributed by atoms with Gasteiger partial charge in [0.05, 0.1) is 19.3 Å². The third-order valence-corrected chi connectivity index (χ3v) is 5.26. The van der Waals surface area contributed by atoms with Crippen LogP contribution in [0, 0.1) is 0 Å². The van der Waals surface area contributed by atoms with E-state index in [1.165, 1.54) is 24.0 Å². The minimum absolute atomic E-state index is 0. The van der Waals surface area contributed by atoms with Gasteiger partial charge in [-0.25, -0.2) is 0 Å². The number of hydrogen-bond acceptors (Lipinski definition) is 3. The van der Waals surface area contributed by atoms with Crippen molar-refractivity contribution in [2.75, 3.05) is 20.3 Å². The SMILES string of the molecule is COCCOC1CCC(N(Cc2ccccc2)Cc2ccccc2)CC1.Cl. The van der Waals surface area contributed by atoms with Gasteiger partial charge in [0.15, 0.2) is 0 Å². The maximum Gasteiger partial charge on any atom is 0.0704 e. The average molecular weight is 390 g/mol. The molecule has 0 spiro atoms. The molecule has 0 aromatic heterocycles. The number of rotatable bonds is 9. The van der Waals surface area contributed by atoms with Gasteiger partial charge in [-0.3, -0.25) is 4.90 Å².